The van der Waals surface area contributed by atoms with Gasteiger partial charge in [0.1, 0.15) is 5.75 Å². The molecule has 0 spiro atoms. The van der Waals surface area contributed by atoms with Gasteiger partial charge in [0.15, 0.2) is 6.61 Å². The lowest BCUT2D eigenvalue weighted by Crippen LogP contribution is -2.21. The van der Waals surface area contributed by atoms with Crippen molar-refractivity contribution in [3.8, 4) is 5.75 Å². The molecular weight excluding hydrogens is 407 g/mol. The van der Waals surface area contributed by atoms with Crippen LogP contribution in [0, 0.1) is 0 Å². The third-order valence-corrected chi connectivity index (χ3v) is 4.04. The van der Waals surface area contributed by atoms with Gasteiger partial charge in [0.05, 0.1) is 24.2 Å². The summed E-state index contributed by atoms with van der Waals surface area (Å²) in [5, 5.41) is 5.88. The van der Waals surface area contributed by atoms with E-state index in [-0.39, 0.29) is 12.8 Å². The van der Waals surface area contributed by atoms with Crippen LogP contribution in [0.4, 0.5) is 11.4 Å². The molecule has 0 fully saturated rings. The van der Waals surface area contributed by atoms with Crippen molar-refractivity contribution in [3.63, 3.8) is 0 Å². The van der Waals surface area contributed by atoms with Gasteiger partial charge < -0.3 is 20.1 Å². The molecule has 0 atom stereocenters. The highest BCUT2D eigenvalue weighted by Gasteiger charge is 2.12. The zero-order valence-corrected chi connectivity index (χ0v) is 16.5. The third kappa shape index (κ3) is 7.09. The van der Waals surface area contributed by atoms with Gasteiger partial charge in [-0.25, -0.2) is 0 Å². The van der Waals surface area contributed by atoms with Crippen molar-refractivity contribution in [3.05, 3.63) is 52.5 Å². The molecule has 148 valence electrons. The lowest BCUT2D eigenvalue weighted by molar-refractivity contribution is -0.147. The number of esters is 1. The first kappa shape index (κ1) is 21.5. The lowest BCUT2D eigenvalue weighted by atomic mass is 10.2. The van der Waals surface area contributed by atoms with Crippen molar-refractivity contribution < 1.29 is 23.9 Å². The molecule has 0 saturated carbocycles. The van der Waals surface area contributed by atoms with Crippen LogP contribution in [0.15, 0.2) is 42.5 Å². The van der Waals surface area contributed by atoms with Crippen LogP contribution < -0.4 is 15.4 Å². The molecule has 2 amide bonds. The minimum absolute atomic E-state index is 0.126. The van der Waals surface area contributed by atoms with Crippen LogP contribution in [0.25, 0.3) is 0 Å². The van der Waals surface area contributed by atoms with Crippen LogP contribution in [0.3, 0.4) is 0 Å². The van der Waals surface area contributed by atoms with E-state index < -0.39 is 24.4 Å². The second-order valence-electron chi connectivity index (χ2n) is 5.61. The highest BCUT2D eigenvalue weighted by atomic mass is 35.5. The highest BCUT2D eigenvalue weighted by molar-refractivity contribution is 6.35. The van der Waals surface area contributed by atoms with E-state index in [9.17, 15) is 14.4 Å². The number of carbonyl (C=O) groups excluding carboxylic acids is 3. The van der Waals surface area contributed by atoms with E-state index in [1.807, 2.05) is 0 Å². The summed E-state index contributed by atoms with van der Waals surface area (Å²) in [7, 11) is 1.51. The predicted octanol–water partition coefficient (Wildman–Crippen LogP) is 3.90. The van der Waals surface area contributed by atoms with Gasteiger partial charge in [-0.05, 0) is 30.3 Å². The third-order valence-electron chi connectivity index (χ3n) is 3.48. The molecule has 0 aliphatic carbocycles. The first-order valence-electron chi connectivity index (χ1n) is 8.22. The Morgan fingerprint density at radius 3 is 2.50 bits per heavy atom. The molecule has 0 radical (unpaired) electrons. The van der Waals surface area contributed by atoms with Gasteiger partial charge in [0.25, 0.3) is 5.91 Å². The number of hydrogen-bond donors (Lipinski definition) is 2. The van der Waals surface area contributed by atoms with E-state index in [0.29, 0.717) is 27.2 Å². The minimum Gasteiger partial charge on any atom is -0.497 e. The zero-order valence-electron chi connectivity index (χ0n) is 15.0. The van der Waals surface area contributed by atoms with Gasteiger partial charge in [-0.15, -0.1) is 0 Å². The number of halogens is 2. The van der Waals surface area contributed by atoms with E-state index in [1.54, 1.807) is 36.4 Å². The number of hydrogen-bond acceptors (Lipinski definition) is 5. The first-order chi connectivity index (χ1) is 13.4. The molecule has 0 aromatic heterocycles. The SMILES string of the molecule is COc1cccc(NC(=O)COC(=O)CCC(=O)Nc2cc(Cl)ccc2Cl)c1. The fraction of sp³-hybridized carbons (Fsp3) is 0.211. The molecule has 2 aromatic carbocycles. The summed E-state index contributed by atoms with van der Waals surface area (Å²) in [5.74, 6) is -1.02. The summed E-state index contributed by atoms with van der Waals surface area (Å²) in [6.45, 7) is -0.461. The van der Waals surface area contributed by atoms with Crippen LogP contribution in [0.5, 0.6) is 5.75 Å². The maximum atomic E-state index is 11.9. The van der Waals surface area contributed by atoms with Crippen LogP contribution >= 0.6 is 23.2 Å². The predicted molar refractivity (Wildman–Crippen MR) is 107 cm³/mol. The van der Waals surface area contributed by atoms with E-state index in [4.69, 9.17) is 32.7 Å². The monoisotopic (exact) mass is 424 g/mol. The quantitative estimate of drug-likeness (QED) is 0.626. The first-order valence-corrected chi connectivity index (χ1v) is 8.97. The second kappa shape index (κ2) is 10.5. The highest BCUT2D eigenvalue weighted by Crippen LogP contribution is 2.25. The molecule has 0 aliphatic rings. The maximum absolute atomic E-state index is 11.9. The maximum Gasteiger partial charge on any atom is 0.306 e. The fourth-order valence-electron chi connectivity index (χ4n) is 2.14. The normalized spacial score (nSPS) is 10.1. The Bertz CT molecular complexity index is 873. The standard InChI is InChI=1S/C19H18Cl2N2O5/c1-27-14-4-2-3-13(10-14)22-18(25)11-28-19(26)8-7-17(24)23-16-9-12(20)5-6-15(16)21/h2-6,9-10H,7-8,11H2,1H3,(H,22,25)(H,23,24). The molecule has 0 unspecified atom stereocenters. The Labute approximate surface area is 171 Å². The lowest BCUT2D eigenvalue weighted by Gasteiger charge is -2.09. The molecule has 7 nitrogen and oxygen atoms in total. The molecule has 2 rings (SSSR count). The summed E-state index contributed by atoms with van der Waals surface area (Å²) in [4.78, 5) is 35.5. The topological polar surface area (TPSA) is 93.7 Å². The molecule has 0 saturated heterocycles. The van der Waals surface area contributed by atoms with Gasteiger partial charge in [-0.2, -0.15) is 0 Å². The van der Waals surface area contributed by atoms with E-state index in [0.717, 1.165) is 0 Å². The van der Waals surface area contributed by atoms with Crippen LogP contribution in [0.2, 0.25) is 10.0 Å². The van der Waals surface area contributed by atoms with Crippen molar-refractivity contribution in [2.24, 2.45) is 0 Å². The molecule has 0 aliphatic heterocycles. The number of nitrogens with one attached hydrogen (secondary N) is 2. The van der Waals surface area contributed by atoms with Gasteiger partial charge in [-0.1, -0.05) is 29.3 Å². The largest absolute Gasteiger partial charge is 0.497 e. The van der Waals surface area contributed by atoms with E-state index >= 15 is 0 Å². The average molecular weight is 425 g/mol. The number of carbonyl (C=O) groups is 3. The second-order valence-corrected chi connectivity index (χ2v) is 6.46. The van der Waals surface area contributed by atoms with Gasteiger partial charge >= 0.3 is 5.97 Å². The molecule has 9 heteroatoms. The molecule has 2 N–H and O–H groups in total. The van der Waals surface area contributed by atoms with Crippen molar-refractivity contribution in [2.45, 2.75) is 12.8 Å². The minimum atomic E-state index is -0.673. The number of ether oxygens (including phenoxy) is 2. The summed E-state index contributed by atoms with van der Waals surface area (Å²) in [6, 6.07) is 11.4. The Kier molecular flexibility index (Phi) is 8.10. The Hall–Kier alpha value is -2.77. The smallest absolute Gasteiger partial charge is 0.306 e. The Morgan fingerprint density at radius 1 is 0.964 bits per heavy atom. The molecular formula is C19H18Cl2N2O5. The average Bonchev–Trinajstić information content (AvgIpc) is 2.67. The van der Waals surface area contributed by atoms with Crippen LogP contribution in [-0.2, 0) is 19.1 Å². The summed E-state index contributed by atoms with van der Waals surface area (Å²) >= 11 is 11.8. The van der Waals surface area contributed by atoms with Crippen LogP contribution in [0.1, 0.15) is 12.8 Å². The Balaban J connectivity index is 1.72. The number of methoxy groups -OCH3 is 1. The molecule has 28 heavy (non-hydrogen) atoms. The molecule has 2 aromatic rings. The van der Waals surface area contributed by atoms with Crippen molar-refractivity contribution in [2.75, 3.05) is 24.4 Å². The van der Waals surface area contributed by atoms with Crippen LogP contribution in [-0.4, -0.2) is 31.5 Å². The molecule has 0 bridgehead atoms. The number of anilines is 2. The summed E-state index contributed by atoms with van der Waals surface area (Å²) < 4.78 is 9.92. The number of rotatable bonds is 8. The van der Waals surface area contributed by atoms with Gasteiger partial charge in [0.2, 0.25) is 5.91 Å². The summed E-state index contributed by atoms with van der Waals surface area (Å²) in [6.07, 6.45) is -0.310. The zero-order chi connectivity index (χ0) is 20.5. The Morgan fingerprint density at radius 2 is 1.75 bits per heavy atom. The van der Waals surface area contributed by atoms with E-state index in [1.165, 1.54) is 13.2 Å². The van der Waals surface area contributed by atoms with Crippen molar-refractivity contribution >= 4 is 52.4 Å². The van der Waals surface area contributed by atoms with Gasteiger partial charge in [-0.3, -0.25) is 14.4 Å². The van der Waals surface area contributed by atoms with Gasteiger partial charge in [0, 0.05) is 23.2 Å². The van der Waals surface area contributed by atoms with E-state index in [2.05, 4.69) is 10.6 Å². The number of benzene rings is 2. The molecule has 0 heterocycles. The summed E-state index contributed by atoms with van der Waals surface area (Å²) in [5.41, 5.74) is 0.864. The number of amides is 2. The fourth-order valence-corrected chi connectivity index (χ4v) is 2.47. The van der Waals surface area contributed by atoms with Crippen molar-refractivity contribution in [1.29, 1.82) is 0 Å². The van der Waals surface area contributed by atoms with Crippen molar-refractivity contribution in [1.82, 2.24) is 0 Å².